The Morgan fingerprint density at radius 1 is 0.941 bits per heavy atom. The molecule has 0 saturated heterocycles. The van der Waals surface area contributed by atoms with E-state index in [2.05, 4.69) is 4.85 Å². The molecule has 0 radical (unpaired) electrons. The summed E-state index contributed by atoms with van der Waals surface area (Å²) in [6.07, 6.45) is 3.91. The molecule has 0 N–H and O–H groups in total. The van der Waals surface area contributed by atoms with Crippen LogP contribution in [0.4, 0.5) is 5.69 Å². The maximum Gasteiger partial charge on any atom is 0.194 e. The largest absolute Gasteiger partial charge is 0.238 e. The van der Waals surface area contributed by atoms with Crippen molar-refractivity contribution in [1.82, 2.24) is 0 Å². The van der Waals surface area contributed by atoms with Crippen LogP contribution in [0.15, 0.2) is 48.5 Å². The highest BCUT2D eigenvalue weighted by Crippen LogP contribution is 2.21. The van der Waals surface area contributed by atoms with Gasteiger partial charge in [-0.1, -0.05) is 60.2 Å². The van der Waals surface area contributed by atoms with Crippen molar-refractivity contribution in [2.45, 2.75) is 0 Å². The molecule has 0 fully saturated rings. The van der Waals surface area contributed by atoms with E-state index in [-0.39, 0.29) is 0 Å². The lowest BCUT2D eigenvalue weighted by atomic mass is 10.1. The van der Waals surface area contributed by atoms with Gasteiger partial charge in [0.1, 0.15) is 0 Å². The van der Waals surface area contributed by atoms with Crippen LogP contribution in [0.2, 0.25) is 5.02 Å². The van der Waals surface area contributed by atoms with Gasteiger partial charge in [-0.05, 0) is 23.3 Å². The third-order valence-electron chi connectivity index (χ3n) is 2.38. The molecule has 0 saturated carbocycles. The molecule has 0 atom stereocenters. The minimum atomic E-state index is 0.665. The fourth-order valence-electron chi connectivity index (χ4n) is 1.49. The third kappa shape index (κ3) is 2.96. The van der Waals surface area contributed by atoms with E-state index in [9.17, 15) is 0 Å². The van der Waals surface area contributed by atoms with Crippen LogP contribution in [0, 0.1) is 6.57 Å². The number of nitrogens with zero attached hydrogens (tertiary/aromatic N) is 1. The van der Waals surface area contributed by atoms with Crippen LogP contribution in [0.1, 0.15) is 11.1 Å². The summed E-state index contributed by atoms with van der Waals surface area (Å²) in [6.45, 7) is 7.07. The molecule has 0 heterocycles. The summed E-state index contributed by atoms with van der Waals surface area (Å²) in [6, 6.07) is 15.1. The zero-order chi connectivity index (χ0) is 12.1. The zero-order valence-electron chi connectivity index (χ0n) is 9.10. The molecule has 0 aliphatic carbocycles. The smallest absolute Gasteiger partial charge is 0.194 e. The van der Waals surface area contributed by atoms with E-state index in [0.29, 0.717) is 5.69 Å². The first-order valence-corrected chi connectivity index (χ1v) is 5.57. The highest BCUT2D eigenvalue weighted by molar-refractivity contribution is 6.30. The number of hydrogen-bond donors (Lipinski definition) is 0. The Bertz CT molecular complexity index is 577. The Kier molecular flexibility index (Phi) is 3.59. The van der Waals surface area contributed by atoms with E-state index in [0.717, 1.165) is 16.1 Å². The van der Waals surface area contributed by atoms with E-state index in [4.69, 9.17) is 18.2 Å². The van der Waals surface area contributed by atoms with Crippen molar-refractivity contribution in [3.63, 3.8) is 0 Å². The van der Waals surface area contributed by atoms with Gasteiger partial charge in [0, 0.05) is 5.02 Å². The number of rotatable bonds is 2. The third-order valence-corrected chi connectivity index (χ3v) is 2.63. The normalized spacial score (nSPS) is 10.4. The summed E-state index contributed by atoms with van der Waals surface area (Å²) in [5.41, 5.74) is 2.66. The second-order valence-electron chi connectivity index (χ2n) is 3.56. The molecule has 1 nitrogen and oxygen atoms in total. The Labute approximate surface area is 106 Å². The molecule has 0 amide bonds. The minimum absolute atomic E-state index is 0.665. The molecule has 0 aromatic heterocycles. The van der Waals surface area contributed by atoms with E-state index >= 15 is 0 Å². The van der Waals surface area contributed by atoms with Crippen molar-refractivity contribution in [3.05, 3.63) is 76.1 Å². The molecule has 2 rings (SSSR count). The maximum absolute atomic E-state index is 7.07. The van der Waals surface area contributed by atoms with Crippen molar-refractivity contribution < 1.29 is 0 Å². The number of benzene rings is 2. The first-order chi connectivity index (χ1) is 8.29. The predicted molar refractivity (Wildman–Crippen MR) is 73.1 cm³/mol. The van der Waals surface area contributed by atoms with Crippen LogP contribution in [0.5, 0.6) is 0 Å². The quantitative estimate of drug-likeness (QED) is 0.510. The predicted octanol–water partition coefficient (Wildman–Crippen LogP) is 5.06. The standard InChI is InChI=1S/C15H10ClN/c1-17-15-5-3-2-4-13(15)9-6-12-7-10-14(16)11-8-12/h2-11H. The average molecular weight is 240 g/mol. The highest BCUT2D eigenvalue weighted by Gasteiger charge is 1.96. The highest BCUT2D eigenvalue weighted by atomic mass is 35.5. The maximum atomic E-state index is 7.07. The van der Waals surface area contributed by atoms with Gasteiger partial charge in [0.15, 0.2) is 5.69 Å². The molecule has 2 heteroatoms. The summed E-state index contributed by atoms with van der Waals surface area (Å²) in [4.78, 5) is 3.47. The first-order valence-electron chi connectivity index (χ1n) is 5.20. The first kappa shape index (κ1) is 11.4. The SMILES string of the molecule is [C-]#[N+]c1ccccc1C=Cc1ccc(Cl)cc1. The fourth-order valence-corrected chi connectivity index (χ4v) is 1.62. The van der Waals surface area contributed by atoms with Gasteiger partial charge >= 0.3 is 0 Å². The molecular weight excluding hydrogens is 230 g/mol. The topological polar surface area (TPSA) is 4.36 Å². The van der Waals surface area contributed by atoms with E-state index in [1.807, 2.05) is 60.7 Å². The van der Waals surface area contributed by atoms with Gasteiger partial charge < -0.3 is 0 Å². The Balaban J connectivity index is 2.26. The van der Waals surface area contributed by atoms with Crippen LogP contribution >= 0.6 is 11.6 Å². The monoisotopic (exact) mass is 239 g/mol. The Morgan fingerprint density at radius 3 is 2.35 bits per heavy atom. The molecule has 2 aromatic rings. The van der Waals surface area contributed by atoms with Crippen LogP contribution in [-0.4, -0.2) is 0 Å². The molecule has 0 unspecified atom stereocenters. The molecule has 82 valence electrons. The summed E-state index contributed by atoms with van der Waals surface area (Å²) in [7, 11) is 0. The van der Waals surface area contributed by atoms with Gasteiger partial charge in [0.05, 0.1) is 6.57 Å². The lowest BCUT2D eigenvalue weighted by Gasteiger charge is -1.97. The average Bonchev–Trinajstić information content (AvgIpc) is 2.38. The molecule has 0 bridgehead atoms. The van der Waals surface area contributed by atoms with Gasteiger partial charge in [0.25, 0.3) is 0 Å². The summed E-state index contributed by atoms with van der Waals surface area (Å²) >= 11 is 5.81. The van der Waals surface area contributed by atoms with E-state index in [1.165, 1.54) is 0 Å². The lowest BCUT2D eigenvalue weighted by Crippen LogP contribution is -1.73. The minimum Gasteiger partial charge on any atom is -0.238 e. The summed E-state index contributed by atoms with van der Waals surface area (Å²) < 4.78 is 0. The fraction of sp³-hybridized carbons (Fsp3) is 0. The van der Waals surface area contributed by atoms with E-state index < -0.39 is 0 Å². The van der Waals surface area contributed by atoms with Crippen molar-refractivity contribution in [3.8, 4) is 0 Å². The molecule has 0 aliphatic heterocycles. The number of halogens is 1. The second kappa shape index (κ2) is 5.34. The van der Waals surface area contributed by atoms with Crippen molar-refractivity contribution >= 4 is 29.4 Å². The summed E-state index contributed by atoms with van der Waals surface area (Å²) in [5.74, 6) is 0. The van der Waals surface area contributed by atoms with Gasteiger partial charge in [-0.3, -0.25) is 0 Å². The van der Waals surface area contributed by atoms with Crippen molar-refractivity contribution in [1.29, 1.82) is 0 Å². The van der Waals surface area contributed by atoms with E-state index in [1.54, 1.807) is 0 Å². The summed E-state index contributed by atoms with van der Waals surface area (Å²) in [5, 5.41) is 0.726. The zero-order valence-corrected chi connectivity index (χ0v) is 9.85. The van der Waals surface area contributed by atoms with Crippen LogP contribution < -0.4 is 0 Å². The van der Waals surface area contributed by atoms with Crippen LogP contribution in [0.3, 0.4) is 0 Å². The molecule has 0 spiro atoms. The van der Waals surface area contributed by atoms with Crippen LogP contribution in [0.25, 0.3) is 17.0 Å². The van der Waals surface area contributed by atoms with Crippen molar-refractivity contribution in [2.24, 2.45) is 0 Å². The van der Waals surface area contributed by atoms with Gasteiger partial charge in [0.2, 0.25) is 0 Å². The molecule has 2 aromatic carbocycles. The van der Waals surface area contributed by atoms with Gasteiger partial charge in [-0.2, -0.15) is 0 Å². The molecule has 0 aliphatic rings. The van der Waals surface area contributed by atoms with Crippen molar-refractivity contribution in [2.75, 3.05) is 0 Å². The number of hydrogen-bond acceptors (Lipinski definition) is 0. The second-order valence-corrected chi connectivity index (χ2v) is 3.99. The Hall–Kier alpha value is -2.04. The van der Waals surface area contributed by atoms with Crippen LogP contribution in [-0.2, 0) is 0 Å². The number of para-hydroxylation sites is 1. The van der Waals surface area contributed by atoms with Gasteiger partial charge in [-0.15, -0.1) is 0 Å². The molecular formula is C15H10ClN. The lowest BCUT2D eigenvalue weighted by molar-refractivity contribution is 1.65. The Morgan fingerprint density at radius 2 is 1.65 bits per heavy atom. The van der Waals surface area contributed by atoms with Gasteiger partial charge in [-0.25, -0.2) is 4.85 Å². The molecule has 17 heavy (non-hydrogen) atoms.